The lowest BCUT2D eigenvalue weighted by atomic mass is 10.2. The zero-order valence-electron chi connectivity index (χ0n) is 11.7. The Morgan fingerprint density at radius 2 is 2.20 bits per heavy atom. The van der Waals surface area contributed by atoms with Crippen LogP contribution >= 0.6 is 0 Å². The number of carbonyl (C=O) groups is 1. The summed E-state index contributed by atoms with van der Waals surface area (Å²) in [5.74, 6) is -1.32. The molecule has 0 aliphatic heterocycles. The molecule has 1 rings (SSSR count). The van der Waals surface area contributed by atoms with E-state index in [1.165, 1.54) is 4.68 Å². The van der Waals surface area contributed by atoms with Crippen molar-refractivity contribution >= 4 is 11.7 Å². The first-order chi connectivity index (χ1) is 9.32. The third-order valence-corrected chi connectivity index (χ3v) is 2.71. The summed E-state index contributed by atoms with van der Waals surface area (Å²) < 4.78 is 6.33. The van der Waals surface area contributed by atoms with Gasteiger partial charge < -0.3 is 20.3 Å². The molecular weight excluding hydrogens is 266 g/mol. The fraction of sp³-hybridized carbons (Fsp3) is 0.583. The average Bonchev–Trinajstić information content (AvgIpc) is 2.39. The first-order valence-electron chi connectivity index (χ1n) is 6.11. The van der Waals surface area contributed by atoms with Crippen LogP contribution in [0, 0.1) is 6.92 Å². The molecule has 0 aliphatic rings. The number of carboxylic acids is 1. The minimum atomic E-state index is -1.53. The van der Waals surface area contributed by atoms with Crippen LogP contribution in [-0.2, 0) is 16.6 Å². The van der Waals surface area contributed by atoms with Crippen LogP contribution in [0.1, 0.15) is 12.5 Å². The van der Waals surface area contributed by atoms with E-state index in [4.69, 9.17) is 14.9 Å². The monoisotopic (exact) mass is 285 g/mol. The van der Waals surface area contributed by atoms with Crippen molar-refractivity contribution in [2.45, 2.75) is 26.0 Å². The summed E-state index contributed by atoms with van der Waals surface area (Å²) in [6, 6.07) is -0.163. The molecule has 1 aromatic rings. The number of nitrogens with zero attached hydrogens (tertiary/aromatic N) is 2. The van der Waals surface area contributed by atoms with E-state index in [-0.39, 0.29) is 24.8 Å². The van der Waals surface area contributed by atoms with E-state index < -0.39 is 12.1 Å². The number of aryl methyl sites for hydroxylation is 1. The lowest BCUT2D eigenvalue weighted by Crippen LogP contribution is -2.30. The van der Waals surface area contributed by atoms with Gasteiger partial charge in [0.15, 0.2) is 6.10 Å². The van der Waals surface area contributed by atoms with Crippen LogP contribution in [0.5, 0.6) is 0 Å². The van der Waals surface area contributed by atoms with Gasteiger partial charge in [0.2, 0.25) is 0 Å². The third-order valence-electron chi connectivity index (χ3n) is 2.71. The SMILES string of the molecule is Cc1c(N[C@@H](C)COC[C@H](O)C(=O)O)cnn(C)c1=O. The Kier molecular flexibility index (Phi) is 5.66. The molecule has 0 fully saturated rings. The smallest absolute Gasteiger partial charge is 0.334 e. The third kappa shape index (κ3) is 4.32. The normalized spacial score (nSPS) is 13.8. The van der Waals surface area contributed by atoms with Crippen molar-refractivity contribution in [1.29, 1.82) is 0 Å². The van der Waals surface area contributed by atoms with E-state index >= 15 is 0 Å². The number of hydrogen-bond donors (Lipinski definition) is 3. The fourth-order valence-electron chi connectivity index (χ4n) is 1.53. The van der Waals surface area contributed by atoms with Crippen molar-refractivity contribution < 1.29 is 19.7 Å². The number of nitrogens with one attached hydrogen (secondary N) is 1. The second kappa shape index (κ2) is 7.01. The van der Waals surface area contributed by atoms with Gasteiger partial charge >= 0.3 is 5.97 Å². The first-order valence-corrected chi connectivity index (χ1v) is 6.11. The van der Waals surface area contributed by atoms with Crippen molar-refractivity contribution in [2.24, 2.45) is 7.05 Å². The van der Waals surface area contributed by atoms with Crippen molar-refractivity contribution in [3.05, 3.63) is 22.1 Å². The zero-order chi connectivity index (χ0) is 15.3. The number of hydrogen-bond acceptors (Lipinski definition) is 6. The van der Waals surface area contributed by atoms with Gasteiger partial charge in [0.1, 0.15) is 0 Å². The van der Waals surface area contributed by atoms with Gasteiger partial charge in [-0.15, -0.1) is 0 Å². The largest absolute Gasteiger partial charge is 0.479 e. The molecule has 8 heteroatoms. The Hall–Kier alpha value is -1.93. The molecule has 1 aromatic heterocycles. The number of anilines is 1. The maximum Gasteiger partial charge on any atom is 0.334 e. The highest BCUT2D eigenvalue weighted by molar-refractivity contribution is 5.71. The fourth-order valence-corrected chi connectivity index (χ4v) is 1.53. The van der Waals surface area contributed by atoms with Crippen LogP contribution < -0.4 is 10.9 Å². The Bertz CT molecular complexity index is 528. The highest BCUT2D eigenvalue weighted by Gasteiger charge is 2.14. The van der Waals surface area contributed by atoms with Crippen LogP contribution in [0.25, 0.3) is 0 Å². The van der Waals surface area contributed by atoms with Crippen molar-refractivity contribution in [3.8, 4) is 0 Å². The summed E-state index contributed by atoms with van der Waals surface area (Å²) in [6.45, 7) is 3.41. The van der Waals surface area contributed by atoms with E-state index in [0.717, 1.165) is 0 Å². The molecule has 0 spiro atoms. The number of aliphatic hydroxyl groups excluding tert-OH is 1. The minimum Gasteiger partial charge on any atom is -0.479 e. The molecule has 1 heterocycles. The van der Waals surface area contributed by atoms with Crippen LogP contribution in [0.3, 0.4) is 0 Å². The van der Waals surface area contributed by atoms with Crippen LogP contribution in [0.2, 0.25) is 0 Å². The molecule has 20 heavy (non-hydrogen) atoms. The average molecular weight is 285 g/mol. The summed E-state index contributed by atoms with van der Waals surface area (Å²) in [5, 5.41) is 24.5. The van der Waals surface area contributed by atoms with Gasteiger partial charge in [0, 0.05) is 18.7 Å². The molecule has 0 saturated carbocycles. The van der Waals surface area contributed by atoms with E-state index in [1.54, 1.807) is 20.2 Å². The Labute approximate surface area is 116 Å². The highest BCUT2D eigenvalue weighted by atomic mass is 16.5. The molecule has 0 saturated heterocycles. The first kappa shape index (κ1) is 16.1. The standard InChI is InChI=1S/C12H19N3O5/c1-7(5-20-6-10(16)12(18)19)14-9-4-13-15(3)11(17)8(9)2/h4,7,10,14,16H,5-6H2,1-3H3,(H,18,19)/t7-,10-/m0/s1. The van der Waals surface area contributed by atoms with E-state index in [2.05, 4.69) is 10.4 Å². The quantitative estimate of drug-likeness (QED) is 0.610. The van der Waals surface area contributed by atoms with Gasteiger partial charge in [0.25, 0.3) is 5.56 Å². The second-order valence-corrected chi connectivity index (χ2v) is 4.55. The molecule has 0 amide bonds. The lowest BCUT2D eigenvalue weighted by molar-refractivity contribution is -0.149. The number of aliphatic hydroxyl groups is 1. The summed E-state index contributed by atoms with van der Waals surface area (Å²) in [7, 11) is 1.57. The predicted molar refractivity (Wildman–Crippen MR) is 71.8 cm³/mol. The van der Waals surface area contributed by atoms with Crippen molar-refractivity contribution in [3.63, 3.8) is 0 Å². The van der Waals surface area contributed by atoms with Gasteiger partial charge in [-0.1, -0.05) is 0 Å². The highest BCUT2D eigenvalue weighted by Crippen LogP contribution is 2.09. The molecule has 3 N–H and O–H groups in total. The number of rotatable bonds is 7. The van der Waals surface area contributed by atoms with Gasteiger partial charge in [-0.2, -0.15) is 5.10 Å². The van der Waals surface area contributed by atoms with Gasteiger partial charge in [-0.05, 0) is 13.8 Å². The Balaban J connectivity index is 2.51. The molecule has 0 radical (unpaired) electrons. The Morgan fingerprint density at radius 3 is 2.80 bits per heavy atom. The van der Waals surface area contributed by atoms with E-state index in [0.29, 0.717) is 11.3 Å². The van der Waals surface area contributed by atoms with E-state index in [9.17, 15) is 9.59 Å². The maximum atomic E-state index is 11.7. The second-order valence-electron chi connectivity index (χ2n) is 4.55. The lowest BCUT2D eigenvalue weighted by Gasteiger charge is -2.17. The molecule has 0 aliphatic carbocycles. The molecule has 0 unspecified atom stereocenters. The van der Waals surface area contributed by atoms with Gasteiger partial charge in [0.05, 0.1) is 25.1 Å². The van der Waals surface area contributed by atoms with Crippen LogP contribution in [-0.4, -0.2) is 51.3 Å². The molecule has 0 aromatic carbocycles. The number of aliphatic carboxylic acids is 1. The summed E-state index contributed by atoms with van der Waals surface area (Å²) in [5.41, 5.74) is 0.951. The zero-order valence-corrected chi connectivity index (χ0v) is 11.7. The van der Waals surface area contributed by atoms with Crippen LogP contribution in [0.4, 0.5) is 5.69 Å². The van der Waals surface area contributed by atoms with Gasteiger partial charge in [-0.3, -0.25) is 4.79 Å². The molecule has 2 atom stereocenters. The number of aromatic nitrogens is 2. The predicted octanol–water partition coefficient (Wildman–Crippen LogP) is -0.649. The Morgan fingerprint density at radius 1 is 1.55 bits per heavy atom. The maximum absolute atomic E-state index is 11.7. The molecule has 8 nitrogen and oxygen atoms in total. The molecule has 112 valence electrons. The number of carboxylic acid groups (broad SMARTS) is 1. The minimum absolute atomic E-state index is 0.163. The van der Waals surface area contributed by atoms with E-state index in [1.807, 2.05) is 6.92 Å². The van der Waals surface area contributed by atoms with Crippen molar-refractivity contribution in [2.75, 3.05) is 18.5 Å². The molecular formula is C12H19N3O5. The van der Waals surface area contributed by atoms with Crippen LogP contribution in [0.15, 0.2) is 11.0 Å². The number of ether oxygens (including phenoxy) is 1. The summed E-state index contributed by atoms with van der Waals surface area (Å²) in [6.07, 6.45) is 0.00824. The topological polar surface area (TPSA) is 114 Å². The summed E-state index contributed by atoms with van der Waals surface area (Å²) >= 11 is 0. The van der Waals surface area contributed by atoms with Gasteiger partial charge in [-0.25, -0.2) is 9.48 Å². The summed E-state index contributed by atoms with van der Waals surface area (Å²) in [4.78, 5) is 22.1. The van der Waals surface area contributed by atoms with Crippen molar-refractivity contribution in [1.82, 2.24) is 9.78 Å². The molecule has 0 bridgehead atoms.